The molecule has 4 nitrogen and oxygen atoms in total. The van der Waals surface area contributed by atoms with Crippen molar-refractivity contribution in [3.63, 3.8) is 0 Å². The van der Waals surface area contributed by atoms with Gasteiger partial charge in [0.1, 0.15) is 0 Å². The maximum atomic E-state index is 5.40. The van der Waals surface area contributed by atoms with E-state index < -0.39 is 0 Å². The lowest BCUT2D eigenvalue weighted by atomic mass is 9.69. The van der Waals surface area contributed by atoms with Gasteiger partial charge in [0.15, 0.2) is 5.96 Å². The van der Waals surface area contributed by atoms with E-state index in [0.717, 1.165) is 6.42 Å². The average Bonchev–Trinajstić information content (AvgIpc) is 2.60. The molecule has 1 atom stereocenters. The largest absolute Gasteiger partial charge is 0.370 e. The van der Waals surface area contributed by atoms with Gasteiger partial charge in [-0.05, 0) is 25.2 Å². The van der Waals surface area contributed by atoms with E-state index >= 15 is 0 Å². The first-order chi connectivity index (χ1) is 7.93. The van der Waals surface area contributed by atoms with Gasteiger partial charge in [-0.1, -0.05) is 32.1 Å². The van der Waals surface area contributed by atoms with Crippen LogP contribution in [-0.4, -0.2) is 10.9 Å². The van der Waals surface area contributed by atoms with Gasteiger partial charge in [-0.3, -0.25) is 0 Å². The number of guanidine groups is 1. The van der Waals surface area contributed by atoms with Crippen LogP contribution in [0.3, 0.4) is 0 Å². The number of fused-ring (bicyclic) bond motifs is 1. The van der Waals surface area contributed by atoms with Gasteiger partial charge in [0.25, 0.3) is 0 Å². The van der Waals surface area contributed by atoms with Gasteiger partial charge in [-0.2, -0.15) is 4.99 Å². The Morgan fingerprint density at radius 3 is 2.76 bits per heavy atom. The molecule has 5 heteroatoms. The molecule has 0 spiro atoms. The van der Waals surface area contributed by atoms with Gasteiger partial charge >= 0.3 is 0 Å². The van der Waals surface area contributed by atoms with Crippen molar-refractivity contribution >= 4 is 22.4 Å². The summed E-state index contributed by atoms with van der Waals surface area (Å²) in [7, 11) is 0. The van der Waals surface area contributed by atoms with Gasteiger partial charge < -0.3 is 11.5 Å². The van der Waals surface area contributed by atoms with Crippen LogP contribution < -0.4 is 11.5 Å². The van der Waals surface area contributed by atoms with Crippen LogP contribution in [0.4, 0.5) is 5.13 Å². The summed E-state index contributed by atoms with van der Waals surface area (Å²) in [5.41, 5.74) is 12.2. The Morgan fingerprint density at radius 2 is 2.18 bits per heavy atom. The van der Waals surface area contributed by atoms with Crippen LogP contribution in [0.5, 0.6) is 0 Å². The minimum absolute atomic E-state index is 0.0855. The van der Waals surface area contributed by atoms with Crippen LogP contribution in [-0.2, 0) is 11.8 Å². The number of nitrogens with zero attached hydrogens (tertiary/aromatic N) is 2. The fraction of sp³-hybridized carbons (Fsp3) is 0.667. The monoisotopic (exact) mass is 252 g/mol. The van der Waals surface area contributed by atoms with Gasteiger partial charge in [-0.15, -0.1) is 0 Å². The molecule has 1 aromatic heterocycles. The summed E-state index contributed by atoms with van der Waals surface area (Å²) in [5, 5.41) is 0.698. The Morgan fingerprint density at radius 1 is 1.47 bits per heavy atom. The molecule has 1 aliphatic rings. The van der Waals surface area contributed by atoms with Crippen LogP contribution >= 0.6 is 11.3 Å². The van der Waals surface area contributed by atoms with Crippen LogP contribution in [0.25, 0.3) is 0 Å². The number of aryl methyl sites for hydroxylation is 1. The second kappa shape index (κ2) is 4.29. The van der Waals surface area contributed by atoms with E-state index in [1.54, 1.807) is 11.3 Å². The Bertz CT molecular complexity index is 445. The highest BCUT2D eigenvalue weighted by Crippen LogP contribution is 2.45. The zero-order valence-corrected chi connectivity index (χ0v) is 11.5. The number of hydrogen-bond donors (Lipinski definition) is 2. The van der Waals surface area contributed by atoms with E-state index in [-0.39, 0.29) is 11.4 Å². The van der Waals surface area contributed by atoms with Crippen molar-refractivity contribution in [2.75, 3.05) is 0 Å². The average molecular weight is 252 g/mol. The highest BCUT2D eigenvalue weighted by atomic mass is 32.1. The lowest BCUT2D eigenvalue weighted by Gasteiger charge is -2.36. The van der Waals surface area contributed by atoms with Crippen LogP contribution in [0.15, 0.2) is 4.99 Å². The Labute approximate surface area is 106 Å². The molecule has 1 aromatic rings. The van der Waals surface area contributed by atoms with E-state index in [4.69, 9.17) is 11.5 Å². The number of aliphatic imine (C=N–C) groups is 1. The van der Waals surface area contributed by atoms with Crippen LogP contribution in [0.2, 0.25) is 0 Å². The maximum Gasteiger partial charge on any atom is 0.212 e. The number of thiazole rings is 1. The van der Waals surface area contributed by atoms with E-state index in [0.29, 0.717) is 11.0 Å². The molecule has 0 bridgehead atoms. The molecule has 0 amide bonds. The zero-order chi connectivity index (χ0) is 12.6. The summed E-state index contributed by atoms with van der Waals surface area (Å²) in [6, 6.07) is 0. The third-order valence-electron chi connectivity index (χ3n) is 3.83. The summed E-state index contributed by atoms with van der Waals surface area (Å²) in [4.78, 5) is 10.1. The minimum Gasteiger partial charge on any atom is -0.370 e. The predicted octanol–water partition coefficient (Wildman–Crippen LogP) is 2.30. The molecule has 1 heterocycles. The number of nitrogens with two attached hydrogens (primary N) is 2. The number of rotatable bonds is 2. The molecule has 0 radical (unpaired) electrons. The van der Waals surface area contributed by atoms with Crippen LogP contribution in [0, 0.1) is 5.92 Å². The molecule has 94 valence electrons. The lowest BCUT2D eigenvalue weighted by molar-refractivity contribution is 0.284. The SMILES string of the molecule is CC(C)C1(C)CCCc2sc(N=C(N)N)nc21. The summed E-state index contributed by atoms with van der Waals surface area (Å²) in [6.07, 6.45) is 3.53. The Kier molecular flexibility index (Phi) is 3.12. The molecule has 0 aliphatic heterocycles. The lowest BCUT2D eigenvalue weighted by Crippen LogP contribution is -2.32. The Hall–Kier alpha value is -1.10. The Balaban J connectivity index is 2.45. The topological polar surface area (TPSA) is 77.3 Å². The van der Waals surface area contributed by atoms with Crippen molar-refractivity contribution in [3.05, 3.63) is 10.6 Å². The molecule has 0 saturated carbocycles. The molecule has 0 fully saturated rings. The maximum absolute atomic E-state index is 5.40. The van der Waals surface area contributed by atoms with E-state index in [1.807, 2.05) is 0 Å². The van der Waals surface area contributed by atoms with Gasteiger partial charge in [0.2, 0.25) is 5.13 Å². The normalized spacial score (nSPS) is 23.5. The first-order valence-corrected chi connectivity index (χ1v) is 6.85. The smallest absolute Gasteiger partial charge is 0.212 e. The van der Waals surface area contributed by atoms with Crippen molar-refractivity contribution < 1.29 is 0 Å². The van der Waals surface area contributed by atoms with E-state index in [1.165, 1.54) is 23.4 Å². The van der Waals surface area contributed by atoms with Crippen LogP contribution in [0.1, 0.15) is 44.2 Å². The standard InChI is InChI=1S/C12H20N4S/c1-7(2)12(3)6-4-5-8-9(12)15-11(17-8)16-10(13)14/h7H,4-6H2,1-3H3,(H4,13,14,15,16). The predicted molar refractivity (Wildman–Crippen MR) is 72.7 cm³/mol. The highest BCUT2D eigenvalue weighted by Gasteiger charge is 2.37. The molecule has 2 rings (SSSR count). The number of hydrogen-bond acceptors (Lipinski definition) is 3. The molecule has 0 saturated heterocycles. The van der Waals surface area contributed by atoms with Crippen molar-refractivity contribution in [2.24, 2.45) is 22.4 Å². The molecule has 1 aliphatic carbocycles. The van der Waals surface area contributed by atoms with Gasteiger partial charge in [0, 0.05) is 10.3 Å². The molecule has 0 aromatic carbocycles. The quantitative estimate of drug-likeness (QED) is 0.626. The summed E-state index contributed by atoms with van der Waals surface area (Å²) >= 11 is 1.62. The first kappa shape index (κ1) is 12.4. The van der Waals surface area contributed by atoms with E-state index in [2.05, 4.69) is 30.7 Å². The van der Waals surface area contributed by atoms with Crippen molar-refractivity contribution in [2.45, 2.75) is 45.4 Å². The molecule has 17 heavy (non-hydrogen) atoms. The minimum atomic E-state index is 0.0855. The van der Waals surface area contributed by atoms with Crippen molar-refractivity contribution in [3.8, 4) is 0 Å². The molecule has 1 unspecified atom stereocenters. The summed E-state index contributed by atoms with van der Waals surface area (Å²) < 4.78 is 0. The third-order valence-corrected chi connectivity index (χ3v) is 4.84. The number of aromatic nitrogens is 1. The fourth-order valence-corrected chi connectivity index (χ4v) is 3.54. The van der Waals surface area contributed by atoms with Gasteiger partial charge in [0.05, 0.1) is 5.69 Å². The third kappa shape index (κ3) is 2.16. The van der Waals surface area contributed by atoms with E-state index in [9.17, 15) is 0 Å². The highest BCUT2D eigenvalue weighted by molar-refractivity contribution is 7.15. The molecular formula is C12H20N4S. The zero-order valence-electron chi connectivity index (χ0n) is 10.7. The molecular weight excluding hydrogens is 232 g/mol. The van der Waals surface area contributed by atoms with Gasteiger partial charge in [-0.25, -0.2) is 4.98 Å². The second-order valence-electron chi connectivity index (χ2n) is 5.23. The fourth-order valence-electron chi connectivity index (χ4n) is 2.41. The summed E-state index contributed by atoms with van der Waals surface area (Å²) in [5.74, 6) is 0.665. The second-order valence-corrected chi connectivity index (χ2v) is 6.29. The van der Waals surface area contributed by atoms with Crippen molar-refractivity contribution in [1.82, 2.24) is 4.98 Å². The summed E-state index contributed by atoms with van der Waals surface area (Å²) in [6.45, 7) is 6.82. The molecule has 4 N–H and O–H groups in total. The first-order valence-electron chi connectivity index (χ1n) is 6.03. The van der Waals surface area contributed by atoms with Crippen molar-refractivity contribution in [1.29, 1.82) is 0 Å².